The molecule has 0 fully saturated rings. The Bertz CT molecular complexity index is 448. The van der Waals surface area contributed by atoms with Gasteiger partial charge in [-0.1, -0.05) is 5.16 Å². The van der Waals surface area contributed by atoms with Crippen LogP contribution in [0.1, 0.15) is 0 Å². The van der Waals surface area contributed by atoms with Gasteiger partial charge in [-0.25, -0.2) is 0 Å². The summed E-state index contributed by atoms with van der Waals surface area (Å²) in [5.74, 6) is -0.264. The highest BCUT2D eigenvalue weighted by molar-refractivity contribution is 5.58. The van der Waals surface area contributed by atoms with Gasteiger partial charge >= 0.3 is 6.36 Å². The van der Waals surface area contributed by atoms with E-state index in [0.29, 0.717) is 11.3 Å². The van der Waals surface area contributed by atoms with Crippen molar-refractivity contribution < 1.29 is 22.4 Å². The number of alkyl halides is 3. The molecule has 0 aliphatic carbocycles. The summed E-state index contributed by atoms with van der Waals surface area (Å²) in [5, 5.41) is 3.65. The maximum absolute atomic E-state index is 11.9. The van der Waals surface area contributed by atoms with E-state index < -0.39 is 6.36 Å². The first-order valence-corrected chi connectivity index (χ1v) is 4.31. The van der Waals surface area contributed by atoms with Gasteiger partial charge in [0.25, 0.3) is 0 Å². The van der Waals surface area contributed by atoms with Crippen molar-refractivity contribution in [3.05, 3.63) is 36.6 Å². The van der Waals surface area contributed by atoms with E-state index in [1.165, 1.54) is 30.5 Å². The van der Waals surface area contributed by atoms with Gasteiger partial charge in [0.2, 0.25) is 0 Å². The summed E-state index contributed by atoms with van der Waals surface area (Å²) in [4.78, 5) is 0. The Kier molecular flexibility index (Phi) is 2.55. The van der Waals surface area contributed by atoms with Crippen LogP contribution in [0.25, 0.3) is 11.3 Å². The van der Waals surface area contributed by atoms with E-state index in [-0.39, 0.29) is 5.75 Å². The minimum Gasteiger partial charge on any atom is -0.406 e. The lowest BCUT2D eigenvalue weighted by Gasteiger charge is -2.08. The standard InChI is InChI=1S/C10H6F3NO2/c11-10(12,13)16-8-3-1-7(2-4-8)9-5-6-15-14-9/h1-6H. The van der Waals surface area contributed by atoms with Crippen LogP contribution in [0.3, 0.4) is 0 Å². The minimum absolute atomic E-state index is 0.264. The summed E-state index contributed by atoms with van der Waals surface area (Å²) in [5.41, 5.74) is 1.21. The molecule has 1 aromatic carbocycles. The lowest BCUT2D eigenvalue weighted by atomic mass is 10.1. The Morgan fingerprint density at radius 3 is 2.25 bits per heavy atom. The highest BCUT2D eigenvalue weighted by atomic mass is 19.4. The van der Waals surface area contributed by atoms with Gasteiger partial charge in [0.05, 0.1) is 0 Å². The van der Waals surface area contributed by atoms with Gasteiger partial charge in [0.15, 0.2) is 0 Å². The molecule has 1 heterocycles. The molecule has 0 bridgehead atoms. The van der Waals surface area contributed by atoms with Gasteiger partial charge in [-0.05, 0) is 24.3 Å². The van der Waals surface area contributed by atoms with Crippen molar-refractivity contribution in [1.82, 2.24) is 5.16 Å². The molecule has 0 amide bonds. The maximum atomic E-state index is 11.9. The van der Waals surface area contributed by atoms with E-state index in [1.54, 1.807) is 6.07 Å². The molecular formula is C10H6F3NO2. The molecule has 0 aliphatic heterocycles. The number of benzene rings is 1. The number of rotatable bonds is 2. The Hall–Kier alpha value is -1.98. The van der Waals surface area contributed by atoms with Crippen molar-refractivity contribution in [3.8, 4) is 17.0 Å². The zero-order valence-electron chi connectivity index (χ0n) is 7.86. The molecule has 0 saturated heterocycles. The first kappa shape index (κ1) is 10.5. The number of hydrogen-bond donors (Lipinski definition) is 0. The predicted molar refractivity (Wildman–Crippen MR) is 48.6 cm³/mol. The second kappa shape index (κ2) is 3.88. The monoisotopic (exact) mass is 229 g/mol. The fourth-order valence-electron chi connectivity index (χ4n) is 1.19. The number of halogens is 3. The maximum Gasteiger partial charge on any atom is 0.573 e. The van der Waals surface area contributed by atoms with Crippen LogP contribution < -0.4 is 4.74 Å². The van der Waals surface area contributed by atoms with Crippen molar-refractivity contribution in [2.45, 2.75) is 6.36 Å². The third-order valence-electron chi connectivity index (χ3n) is 1.82. The van der Waals surface area contributed by atoms with Gasteiger partial charge in [0, 0.05) is 11.6 Å². The zero-order valence-corrected chi connectivity index (χ0v) is 7.86. The SMILES string of the molecule is FC(F)(F)Oc1ccc(-c2ccon2)cc1. The number of ether oxygens (including phenoxy) is 1. The second-order valence-electron chi connectivity index (χ2n) is 2.96. The fourth-order valence-corrected chi connectivity index (χ4v) is 1.19. The van der Waals surface area contributed by atoms with E-state index in [9.17, 15) is 13.2 Å². The van der Waals surface area contributed by atoms with Gasteiger partial charge in [-0.15, -0.1) is 13.2 Å². The molecule has 0 saturated carbocycles. The number of aromatic nitrogens is 1. The van der Waals surface area contributed by atoms with Crippen LogP contribution in [0.2, 0.25) is 0 Å². The van der Waals surface area contributed by atoms with Crippen molar-refractivity contribution in [2.75, 3.05) is 0 Å². The molecule has 16 heavy (non-hydrogen) atoms. The third kappa shape index (κ3) is 2.53. The van der Waals surface area contributed by atoms with Crippen LogP contribution >= 0.6 is 0 Å². The third-order valence-corrected chi connectivity index (χ3v) is 1.82. The second-order valence-corrected chi connectivity index (χ2v) is 2.96. The predicted octanol–water partition coefficient (Wildman–Crippen LogP) is 3.24. The zero-order chi connectivity index (χ0) is 11.6. The van der Waals surface area contributed by atoms with E-state index in [1.807, 2.05) is 0 Å². The highest BCUT2D eigenvalue weighted by Crippen LogP contribution is 2.25. The first-order chi connectivity index (χ1) is 7.54. The molecule has 0 spiro atoms. The normalized spacial score (nSPS) is 11.4. The Balaban J connectivity index is 2.17. The Labute approximate surface area is 88.4 Å². The minimum atomic E-state index is -4.67. The molecule has 0 unspecified atom stereocenters. The summed E-state index contributed by atoms with van der Waals surface area (Å²) in [6, 6.07) is 6.99. The van der Waals surface area contributed by atoms with Crippen LogP contribution in [0.4, 0.5) is 13.2 Å². The van der Waals surface area contributed by atoms with Crippen LogP contribution in [0, 0.1) is 0 Å². The van der Waals surface area contributed by atoms with E-state index in [0.717, 1.165) is 0 Å². The van der Waals surface area contributed by atoms with Crippen molar-refractivity contribution in [1.29, 1.82) is 0 Å². The van der Waals surface area contributed by atoms with Crippen molar-refractivity contribution in [3.63, 3.8) is 0 Å². The topological polar surface area (TPSA) is 35.3 Å². The smallest absolute Gasteiger partial charge is 0.406 e. The van der Waals surface area contributed by atoms with Crippen LogP contribution in [-0.4, -0.2) is 11.5 Å². The first-order valence-electron chi connectivity index (χ1n) is 4.31. The molecule has 84 valence electrons. The average molecular weight is 229 g/mol. The molecule has 1 aromatic heterocycles. The number of hydrogen-bond acceptors (Lipinski definition) is 3. The largest absolute Gasteiger partial charge is 0.573 e. The summed E-state index contributed by atoms with van der Waals surface area (Å²) in [6.07, 6.45) is -3.29. The van der Waals surface area contributed by atoms with Crippen molar-refractivity contribution >= 4 is 0 Å². The molecule has 0 N–H and O–H groups in total. The fraction of sp³-hybridized carbons (Fsp3) is 0.100. The lowest BCUT2D eigenvalue weighted by Crippen LogP contribution is -2.16. The molecule has 0 aliphatic rings. The Morgan fingerprint density at radius 1 is 1.06 bits per heavy atom. The highest BCUT2D eigenvalue weighted by Gasteiger charge is 2.30. The van der Waals surface area contributed by atoms with Crippen LogP contribution in [-0.2, 0) is 0 Å². The molecular weight excluding hydrogens is 223 g/mol. The molecule has 6 heteroatoms. The van der Waals surface area contributed by atoms with Crippen molar-refractivity contribution in [2.24, 2.45) is 0 Å². The summed E-state index contributed by atoms with van der Waals surface area (Å²) < 4.78 is 43.9. The van der Waals surface area contributed by atoms with Gasteiger partial charge in [0.1, 0.15) is 17.7 Å². The molecule has 2 rings (SSSR count). The summed E-state index contributed by atoms with van der Waals surface area (Å²) in [7, 11) is 0. The quantitative estimate of drug-likeness (QED) is 0.792. The molecule has 2 aromatic rings. The van der Waals surface area contributed by atoms with Gasteiger partial charge in [-0.3, -0.25) is 0 Å². The van der Waals surface area contributed by atoms with E-state index >= 15 is 0 Å². The van der Waals surface area contributed by atoms with Crippen LogP contribution in [0.15, 0.2) is 41.1 Å². The van der Waals surface area contributed by atoms with Gasteiger partial charge in [-0.2, -0.15) is 0 Å². The molecule has 3 nitrogen and oxygen atoms in total. The average Bonchev–Trinajstić information content (AvgIpc) is 2.69. The molecule has 0 atom stereocenters. The lowest BCUT2D eigenvalue weighted by molar-refractivity contribution is -0.274. The number of nitrogens with zero attached hydrogens (tertiary/aromatic N) is 1. The summed E-state index contributed by atoms with van der Waals surface area (Å²) >= 11 is 0. The van der Waals surface area contributed by atoms with Crippen LogP contribution in [0.5, 0.6) is 5.75 Å². The van der Waals surface area contributed by atoms with E-state index in [4.69, 9.17) is 0 Å². The van der Waals surface area contributed by atoms with Gasteiger partial charge < -0.3 is 9.26 Å². The Morgan fingerprint density at radius 2 is 1.75 bits per heavy atom. The molecule has 0 radical (unpaired) electrons. The van der Waals surface area contributed by atoms with E-state index in [2.05, 4.69) is 14.4 Å². The summed E-state index contributed by atoms with van der Waals surface area (Å²) in [6.45, 7) is 0.